The van der Waals surface area contributed by atoms with Crippen LogP contribution < -0.4 is 10.1 Å². The third kappa shape index (κ3) is 7.70. The van der Waals surface area contributed by atoms with Crippen LogP contribution in [0.3, 0.4) is 0 Å². The van der Waals surface area contributed by atoms with Crippen LogP contribution in [0.15, 0.2) is 77.3 Å². The minimum absolute atomic E-state index is 0.0969. The van der Waals surface area contributed by atoms with E-state index in [1.54, 1.807) is 4.90 Å². The van der Waals surface area contributed by atoms with Gasteiger partial charge in [0.05, 0.1) is 0 Å². The van der Waals surface area contributed by atoms with Crippen molar-refractivity contribution in [2.45, 2.75) is 71.0 Å². The molecule has 0 unspecified atom stereocenters. The van der Waals surface area contributed by atoms with Gasteiger partial charge in [-0.2, -0.15) is 0 Å². The van der Waals surface area contributed by atoms with Crippen LogP contribution in [0.25, 0.3) is 0 Å². The minimum atomic E-state index is -0.649. The van der Waals surface area contributed by atoms with Crippen molar-refractivity contribution in [1.82, 2.24) is 10.2 Å². The monoisotopic (exact) mass is 576 g/mol. The largest absolute Gasteiger partial charge is 0.484 e. The lowest BCUT2D eigenvalue weighted by Crippen LogP contribution is -2.53. The second-order valence-corrected chi connectivity index (χ2v) is 11.0. The van der Waals surface area contributed by atoms with Gasteiger partial charge in [-0.15, -0.1) is 0 Å². The maximum atomic E-state index is 13.8. The number of rotatable bonds is 10. The average Bonchev–Trinajstić information content (AvgIpc) is 2.94. The van der Waals surface area contributed by atoms with Gasteiger partial charge in [0.1, 0.15) is 11.8 Å². The first-order chi connectivity index (χ1) is 18.4. The molecule has 0 aromatic heterocycles. The first-order valence-corrected chi connectivity index (χ1v) is 14.3. The molecule has 3 aromatic rings. The molecule has 4 rings (SSSR count). The van der Waals surface area contributed by atoms with Crippen molar-refractivity contribution in [3.8, 4) is 5.75 Å². The van der Waals surface area contributed by atoms with Gasteiger partial charge < -0.3 is 15.0 Å². The van der Waals surface area contributed by atoms with E-state index in [9.17, 15) is 9.59 Å². The molecule has 38 heavy (non-hydrogen) atoms. The van der Waals surface area contributed by atoms with Crippen molar-refractivity contribution in [1.29, 1.82) is 0 Å². The van der Waals surface area contributed by atoms with Crippen LogP contribution in [0.4, 0.5) is 0 Å². The highest BCUT2D eigenvalue weighted by atomic mass is 79.9. The SMILES string of the molecule is Cc1cc(OCC(=O)N(Cc2ccccc2)[C@H](Cc2ccccc2)C(=O)NC2CCCCC2)cc(C)c1Br. The standard InChI is InChI=1S/C32H37BrN2O3/c1-23-18-28(19-24(2)31(23)33)38-22-30(36)35(21-26-14-8-4-9-15-26)29(20-25-12-6-3-7-13-25)32(37)34-27-16-10-5-11-17-27/h3-4,6-9,12-15,18-19,27,29H,5,10-11,16-17,20-22H2,1-2H3,(H,34,37)/t29-/m1/s1. The highest BCUT2D eigenvalue weighted by Crippen LogP contribution is 2.26. The van der Waals surface area contributed by atoms with Crippen molar-refractivity contribution in [3.63, 3.8) is 0 Å². The molecule has 1 N–H and O–H groups in total. The minimum Gasteiger partial charge on any atom is -0.484 e. The number of halogens is 1. The number of ether oxygens (including phenoxy) is 1. The molecule has 1 fully saturated rings. The summed E-state index contributed by atoms with van der Waals surface area (Å²) in [7, 11) is 0. The van der Waals surface area contributed by atoms with Crippen LogP contribution in [0.5, 0.6) is 5.75 Å². The number of benzene rings is 3. The Morgan fingerprint density at radius 2 is 1.50 bits per heavy atom. The lowest BCUT2D eigenvalue weighted by atomic mass is 9.94. The van der Waals surface area contributed by atoms with Gasteiger partial charge in [0.25, 0.3) is 5.91 Å². The molecule has 1 aliphatic rings. The Kier molecular flexibility index (Phi) is 9.99. The Labute approximate surface area is 234 Å². The Bertz CT molecular complexity index is 1190. The van der Waals surface area contributed by atoms with Crippen molar-refractivity contribution >= 4 is 27.7 Å². The Morgan fingerprint density at radius 3 is 2.11 bits per heavy atom. The Hall–Kier alpha value is -3.12. The van der Waals surface area contributed by atoms with Gasteiger partial charge >= 0.3 is 0 Å². The number of nitrogens with one attached hydrogen (secondary N) is 1. The van der Waals surface area contributed by atoms with E-state index >= 15 is 0 Å². The number of nitrogens with zero attached hydrogens (tertiary/aromatic N) is 1. The molecule has 2 amide bonds. The summed E-state index contributed by atoms with van der Waals surface area (Å²) in [5.41, 5.74) is 4.08. The van der Waals surface area contributed by atoms with Crippen molar-refractivity contribution in [2.24, 2.45) is 0 Å². The number of carbonyl (C=O) groups is 2. The summed E-state index contributed by atoms with van der Waals surface area (Å²) in [5.74, 6) is 0.328. The maximum Gasteiger partial charge on any atom is 0.261 e. The van der Waals surface area contributed by atoms with E-state index in [1.165, 1.54) is 6.42 Å². The lowest BCUT2D eigenvalue weighted by molar-refractivity contribution is -0.143. The quantitative estimate of drug-likeness (QED) is 0.298. The fourth-order valence-electron chi connectivity index (χ4n) is 5.10. The molecule has 0 bridgehead atoms. The third-order valence-corrected chi connectivity index (χ3v) is 8.44. The maximum absolute atomic E-state index is 13.8. The fraction of sp³-hybridized carbons (Fsp3) is 0.375. The summed E-state index contributed by atoms with van der Waals surface area (Å²) < 4.78 is 7.02. The van der Waals surface area contributed by atoms with Gasteiger partial charge in [0.15, 0.2) is 6.61 Å². The molecule has 3 aromatic carbocycles. The van der Waals surface area contributed by atoms with Gasteiger partial charge in [-0.25, -0.2) is 0 Å². The van der Waals surface area contributed by atoms with Crippen LogP contribution in [0, 0.1) is 13.8 Å². The number of aryl methyl sites for hydroxylation is 2. The molecule has 1 aliphatic carbocycles. The summed E-state index contributed by atoms with van der Waals surface area (Å²) in [6, 6.07) is 23.1. The summed E-state index contributed by atoms with van der Waals surface area (Å²) in [6.07, 6.45) is 5.88. The van der Waals surface area contributed by atoms with Crippen LogP contribution in [-0.2, 0) is 22.6 Å². The van der Waals surface area contributed by atoms with Gasteiger partial charge in [-0.3, -0.25) is 9.59 Å². The summed E-state index contributed by atoms with van der Waals surface area (Å²) in [5, 5.41) is 3.28. The molecule has 200 valence electrons. The normalized spacial score (nSPS) is 14.5. The average molecular weight is 578 g/mol. The summed E-state index contributed by atoms with van der Waals surface area (Å²) >= 11 is 3.59. The fourth-order valence-corrected chi connectivity index (χ4v) is 5.32. The predicted molar refractivity (Wildman–Crippen MR) is 155 cm³/mol. The van der Waals surface area contributed by atoms with Crippen LogP contribution in [0.1, 0.15) is 54.4 Å². The van der Waals surface area contributed by atoms with Gasteiger partial charge in [-0.05, 0) is 61.1 Å². The van der Waals surface area contributed by atoms with Crippen LogP contribution in [-0.4, -0.2) is 35.4 Å². The molecule has 0 saturated heterocycles. The molecular formula is C32H37BrN2O3. The van der Waals surface area contributed by atoms with Gasteiger partial charge in [-0.1, -0.05) is 95.9 Å². The Morgan fingerprint density at radius 1 is 0.921 bits per heavy atom. The van der Waals surface area contributed by atoms with Crippen molar-refractivity contribution in [3.05, 3.63) is 99.5 Å². The van der Waals surface area contributed by atoms with E-state index in [2.05, 4.69) is 21.2 Å². The highest BCUT2D eigenvalue weighted by molar-refractivity contribution is 9.10. The van der Waals surface area contributed by atoms with E-state index in [0.29, 0.717) is 18.7 Å². The Balaban J connectivity index is 1.60. The summed E-state index contributed by atoms with van der Waals surface area (Å²) in [4.78, 5) is 29.3. The smallest absolute Gasteiger partial charge is 0.261 e. The second-order valence-electron chi connectivity index (χ2n) is 10.2. The van der Waals surface area contributed by atoms with Gasteiger partial charge in [0.2, 0.25) is 5.91 Å². The van der Waals surface area contributed by atoms with Crippen molar-refractivity contribution in [2.75, 3.05) is 6.61 Å². The zero-order valence-electron chi connectivity index (χ0n) is 22.3. The van der Waals surface area contributed by atoms with E-state index in [-0.39, 0.29) is 24.5 Å². The molecule has 0 radical (unpaired) electrons. The number of carbonyl (C=O) groups excluding carboxylic acids is 2. The van der Waals surface area contributed by atoms with E-state index in [0.717, 1.165) is 52.4 Å². The topological polar surface area (TPSA) is 58.6 Å². The van der Waals surface area contributed by atoms with Crippen LogP contribution in [0.2, 0.25) is 0 Å². The molecule has 1 atom stereocenters. The third-order valence-electron chi connectivity index (χ3n) is 7.19. The molecule has 0 spiro atoms. The van der Waals surface area contributed by atoms with E-state index in [1.807, 2.05) is 86.6 Å². The zero-order chi connectivity index (χ0) is 26.9. The number of hydrogen-bond acceptors (Lipinski definition) is 3. The highest BCUT2D eigenvalue weighted by Gasteiger charge is 2.32. The summed E-state index contributed by atoms with van der Waals surface area (Å²) in [6.45, 7) is 4.18. The molecule has 6 heteroatoms. The van der Waals surface area contributed by atoms with Crippen LogP contribution >= 0.6 is 15.9 Å². The van der Waals surface area contributed by atoms with Gasteiger partial charge in [0, 0.05) is 23.5 Å². The molecule has 5 nitrogen and oxygen atoms in total. The molecule has 0 heterocycles. The zero-order valence-corrected chi connectivity index (χ0v) is 23.9. The first-order valence-electron chi connectivity index (χ1n) is 13.5. The number of amides is 2. The predicted octanol–water partition coefficient (Wildman–Crippen LogP) is 6.53. The second kappa shape index (κ2) is 13.6. The lowest BCUT2D eigenvalue weighted by Gasteiger charge is -2.33. The van der Waals surface area contributed by atoms with E-state index < -0.39 is 6.04 Å². The van der Waals surface area contributed by atoms with E-state index in [4.69, 9.17) is 4.74 Å². The molecule has 0 aliphatic heterocycles. The first kappa shape index (κ1) is 27.9. The van der Waals surface area contributed by atoms with Crippen molar-refractivity contribution < 1.29 is 14.3 Å². The molecular weight excluding hydrogens is 540 g/mol. The number of hydrogen-bond donors (Lipinski definition) is 1. The molecule has 1 saturated carbocycles.